The van der Waals surface area contributed by atoms with E-state index in [1.807, 2.05) is 0 Å². The van der Waals surface area contributed by atoms with E-state index in [1.165, 1.54) is 23.4 Å². The molecule has 0 saturated carbocycles. The van der Waals surface area contributed by atoms with E-state index in [-0.39, 0.29) is 0 Å². The number of nitrogen functional groups attached to an aromatic ring is 1. The summed E-state index contributed by atoms with van der Waals surface area (Å²) in [5.74, 6) is -0.969. The molecule has 0 atom stereocenters. The van der Waals surface area contributed by atoms with E-state index in [1.54, 1.807) is 12.1 Å². The molecule has 13 heavy (non-hydrogen) atoms. The fourth-order valence-corrected chi connectivity index (χ4v) is 1.21. The number of aromatic nitrogens is 1. The molecule has 0 aliphatic carbocycles. The molecule has 0 spiro atoms. The van der Waals surface area contributed by atoms with E-state index in [4.69, 9.17) is 10.8 Å². The Morgan fingerprint density at radius 2 is 2.38 bits per heavy atom. The van der Waals surface area contributed by atoms with Gasteiger partial charge in [-0.3, -0.25) is 0 Å². The Kier molecular flexibility index (Phi) is 3.33. The summed E-state index contributed by atoms with van der Waals surface area (Å²) in [5, 5.41) is 10.5. The Morgan fingerprint density at radius 1 is 1.62 bits per heavy atom. The second-order valence-corrected chi connectivity index (χ2v) is 3.11. The first-order chi connectivity index (χ1) is 6.18. The average molecular weight is 196 g/mol. The Hall–Kier alpha value is -1.49. The van der Waals surface area contributed by atoms with Gasteiger partial charge < -0.3 is 10.8 Å². The number of hydrogen-bond acceptors (Lipinski definition) is 4. The van der Waals surface area contributed by atoms with Gasteiger partial charge in [-0.25, -0.2) is 9.78 Å². The highest BCUT2D eigenvalue weighted by Crippen LogP contribution is 2.16. The molecule has 5 heteroatoms. The van der Waals surface area contributed by atoms with Gasteiger partial charge >= 0.3 is 5.97 Å². The minimum atomic E-state index is -0.969. The summed E-state index contributed by atoms with van der Waals surface area (Å²) in [6, 6.07) is 3.44. The fraction of sp³-hybridized carbons (Fsp3) is 0. The number of thioether (sulfide) groups is 1. The van der Waals surface area contributed by atoms with Crippen molar-refractivity contribution in [3.63, 3.8) is 0 Å². The predicted octanol–water partition coefficient (Wildman–Crippen LogP) is 1.35. The maximum Gasteiger partial charge on any atom is 0.328 e. The van der Waals surface area contributed by atoms with Crippen molar-refractivity contribution >= 4 is 23.4 Å². The van der Waals surface area contributed by atoms with E-state index >= 15 is 0 Å². The van der Waals surface area contributed by atoms with Crippen LogP contribution in [-0.4, -0.2) is 16.1 Å². The monoisotopic (exact) mass is 196 g/mol. The lowest BCUT2D eigenvalue weighted by atomic mass is 10.4. The molecule has 0 bridgehead atoms. The summed E-state index contributed by atoms with van der Waals surface area (Å²) < 4.78 is 0. The molecular weight excluding hydrogens is 188 g/mol. The van der Waals surface area contributed by atoms with Gasteiger partial charge in [0.15, 0.2) is 0 Å². The van der Waals surface area contributed by atoms with Crippen LogP contribution in [0.2, 0.25) is 0 Å². The minimum Gasteiger partial charge on any atom is -0.478 e. The zero-order valence-electron chi connectivity index (χ0n) is 6.68. The molecule has 0 aliphatic heterocycles. The molecule has 1 rings (SSSR count). The largest absolute Gasteiger partial charge is 0.478 e. The molecule has 1 heterocycles. The summed E-state index contributed by atoms with van der Waals surface area (Å²) in [5.41, 5.74) is 6.01. The highest BCUT2D eigenvalue weighted by molar-refractivity contribution is 8.02. The normalized spacial score (nSPS) is 10.5. The topological polar surface area (TPSA) is 76.2 Å². The van der Waals surface area contributed by atoms with Crippen LogP contribution in [0.4, 0.5) is 5.69 Å². The zero-order chi connectivity index (χ0) is 9.68. The molecule has 68 valence electrons. The molecule has 0 saturated heterocycles. The van der Waals surface area contributed by atoms with Crippen molar-refractivity contribution in [1.29, 1.82) is 0 Å². The molecule has 0 aromatic carbocycles. The van der Waals surface area contributed by atoms with Gasteiger partial charge in [-0.05, 0) is 17.5 Å². The van der Waals surface area contributed by atoms with E-state index in [9.17, 15) is 4.79 Å². The standard InChI is InChI=1S/C8H8N2O2S/c9-6-1-2-7(10-5-6)13-4-3-8(11)12/h1-5H,9H2,(H,11,12). The van der Waals surface area contributed by atoms with Crippen LogP contribution in [0.25, 0.3) is 0 Å². The molecular formula is C8H8N2O2S. The van der Waals surface area contributed by atoms with Gasteiger partial charge in [-0.2, -0.15) is 0 Å². The van der Waals surface area contributed by atoms with Crippen molar-refractivity contribution in [3.8, 4) is 0 Å². The Bertz CT molecular complexity index is 321. The first-order valence-electron chi connectivity index (χ1n) is 3.46. The highest BCUT2D eigenvalue weighted by atomic mass is 32.2. The number of carboxylic acid groups (broad SMARTS) is 1. The Labute approximate surface area is 79.5 Å². The number of pyridine rings is 1. The SMILES string of the molecule is Nc1ccc(SC=CC(=O)O)nc1. The number of aliphatic carboxylic acids is 1. The molecule has 0 fully saturated rings. The molecule has 1 aromatic heterocycles. The lowest BCUT2D eigenvalue weighted by Crippen LogP contribution is -1.86. The van der Waals surface area contributed by atoms with Crippen molar-refractivity contribution in [2.24, 2.45) is 0 Å². The average Bonchev–Trinajstić information content (AvgIpc) is 2.08. The molecule has 0 amide bonds. The smallest absolute Gasteiger partial charge is 0.328 e. The van der Waals surface area contributed by atoms with Gasteiger partial charge in [0.05, 0.1) is 11.9 Å². The van der Waals surface area contributed by atoms with Gasteiger partial charge in [0.25, 0.3) is 0 Å². The van der Waals surface area contributed by atoms with Crippen LogP contribution in [-0.2, 0) is 4.79 Å². The number of anilines is 1. The number of rotatable bonds is 3. The first-order valence-corrected chi connectivity index (χ1v) is 4.34. The minimum absolute atomic E-state index is 0.589. The second kappa shape index (κ2) is 4.51. The van der Waals surface area contributed by atoms with Crippen LogP contribution in [0.3, 0.4) is 0 Å². The number of nitrogens with two attached hydrogens (primary N) is 1. The molecule has 1 aromatic rings. The van der Waals surface area contributed by atoms with Crippen molar-refractivity contribution < 1.29 is 9.90 Å². The summed E-state index contributed by atoms with van der Waals surface area (Å²) in [4.78, 5) is 14.1. The van der Waals surface area contributed by atoms with E-state index in [0.29, 0.717) is 10.7 Å². The van der Waals surface area contributed by atoms with Gasteiger partial charge in [0, 0.05) is 6.08 Å². The van der Waals surface area contributed by atoms with Crippen molar-refractivity contribution in [1.82, 2.24) is 4.98 Å². The fourth-order valence-electron chi connectivity index (χ4n) is 0.623. The number of nitrogens with zero attached hydrogens (tertiary/aromatic N) is 1. The Balaban J connectivity index is 2.55. The molecule has 0 aliphatic rings. The predicted molar refractivity (Wildman–Crippen MR) is 51.3 cm³/mol. The lowest BCUT2D eigenvalue weighted by Gasteiger charge is -1.94. The van der Waals surface area contributed by atoms with E-state index in [0.717, 1.165) is 6.08 Å². The third-order valence-electron chi connectivity index (χ3n) is 1.16. The molecule has 3 N–H and O–H groups in total. The lowest BCUT2D eigenvalue weighted by molar-refractivity contribution is -0.131. The number of hydrogen-bond donors (Lipinski definition) is 2. The maximum absolute atomic E-state index is 10.1. The maximum atomic E-state index is 10.1. The van der Waals surface area contributed by atoms with Crippen LogP contribution < -0.4 is 5.73 Å². The van der Waals surface area contributed by atoms with Crippen LogP contribution in [0.1, 0.15) is 0 Å². The van der Waals surface area contributed by atoms with Crippen molar-refractivity contribution in [2.75, 3.05) is 5.73 Å². The van der Waals surface area contributed by atoms with Gasteiger partial charge in [-0.15, -0.1) is 0 Å². The van der Waals surface area contributed by atoms with Gasteiger partial charge in [0.2, 0.25) is 0 Å². The van der Waals surface area contributed by atoms with Crippen LogP contribution in [0.5, 0.6) is 0 Å². The molecule has 4 nitrogen and oxygen atoms in total. The molecule has 0 unspecified atom stereocenters. The van der Waals surface area contributed by atoms with Crippen molar-refractivity contribution in [3.05, 3.63) is 29.8 Å². The van der Waals surface area contributed by atoms with E-state index < -0.39 is 5.97 Å². The number of carboxylic acids is 1. The Morgan fingerprint density at radius 3 is 2.92 bits per heavy atom. The number of carbonyl (C=O) groups is 1. The highest BCUT2D eigenvalue weighted by Gasteiger charge is 1.92. The second-order valence-electron chi connectivity index (χ2n) is 2.19. The van der Waals surface area contributed by atoms with Gasteiger partial charge in [-0.1, -0.05) is 11.8 Å². The third kappa shape index (κ3) is 3.62. The third-order valence-corrected chi connectivity index (χ3v) is 1.91. The summed E-state index contributed by atoms with van der Waals surface area (Å²) in [7, 11) is 0. The summed E-state index contributed by atoms with van der Waals surface area (Å²) in [6.45, 7) is 0. The molecule has 0 radical (unpaired) electrons. The van der Waals surface area contributed by atoms with Gasteiger partial charge in [0.1, 0.15) is 5.03 Å². The van der Waals surface area contributed by atoms with Crippen LogP contribution >= 0.6 is 11.8 Å². The summed E-state index contributed by atoms with van der Waals surface area (Å²) in [6.07, 6.45) is 2.58. The zero-order valence-corrected chi connectivity index (χ0v) is 7.49. The first kappa shape index (κ1) is 9.60. The van der Waals surface area contributed by atoms with Crippen LogP contribution in [0.15, 0.2) is 34.8 Å². The van der Waals surface area contributed by atoms with Crippen LogP contribution in [0, 0.1) is 0 Å². The van der Waals surface area contributed by atoms with E-state index in [2.05, 4.69) is 4.98 Å². The quantitative estimate of drug-likeness (QED) is 0.563. The van der Waals surface area contributed by atoms with Crippen molar-refractivity contribution in [2.45, 2.75) is 5.03 Å². The summed E-state index contributed by atoms with van der Waals surface area (Å²) >= 11 is 1.23.